The molecule has 0 aromatic rings. The SMILES string of the molecule is CNC(CC(C)C)C(=O)N1C[C@]2(CCCNC2=O)C[C@H]1C(N)=O.Cl. The Hall–Kier alpha value is -1.34. The molecule has 8 heteroatoms. The second-order valence-electron chi connectivity index (χ2n) is 7.20. The van der Waals surface area contributed by atoms with Gasteiger partial charge in [-0.25, -0.2) is 0 Å². The molecule has 0 aromatic carbocycles. The lowest BCUT2D eigenvalue weighted by atomic mass is 9.78. The Morgan fingerprint density at radius 1 is 1.46 bits per heavy atom. The molecular formula is C16H29ClN4O3. The maximum Gasteiger partial charge on any atom is 0.240 e. The Kier molecular flexibility index (Phi) is 7.04. The van der Waals surface area contributed by atoms with Crippen LogP contribution in [-0.4, -0.2) is 54.8 Å². The molecule has 0 aliphatic carbocycles. The predicted molar refractivity (Wildman–Crippen MR) is 93.5 cm³/mol. The fourth-order valence-corrected chi connectivity index (χ4v) is 3.76. The van der Waals surface area contributed by atoms with Crippen molar-refractivity contribution in [2.75, 3.05) is 20.1 Å². The zero-order chi connectivity index (χ0) is 17.2. The van der Waals surface area contributed by atoms with Gasteiger partial charge in [0.05, 0.1) is 11.5 Å². The fraction of sp³-hybridized carbons (Fsp3) is 0.812. The van der Waals surface area contributed by atoms with Gasteiger partial charge in [-0.1, -0.05) is 13.8 Å². The molecule has 2 aliphatic heterocycles. The minimum Gasteiger partial charge on any atom is -0.368 e. The van der Waals surface area contributed by atoms with E-state index in [1.807, 2.05) is 13.8 Å². The van der Waals surface area contributed by atoms with E-state index in [4.69, 9.17) is 5.73 Å². The summed E-state index contributed by atoms with van der Waals surface area (Å²) in [5, 5.41) is 5.89. The van der Waals surface area contributed by atoms with Crippen molar-refractivity contribution in [2.45, 2.75) is 51.6 Å². The molecular weight excluding hydrogens is 332 g/mol. The Morgan fingerprint density at radius 2 is 2.12 bits per heavy atom. The largest absolute Gasteiger partial charge is 0.368 e. The van der Waals surface area contributed by atoms with Crippen LogP contribution in [0.2, 0.25) is 0 Å². The van der Waals surface area contributed by atoms with E-state index in [1.54, 1.807) is 7.05 Å². The number of amides is 3. The summed E-state index contributed by atoms with van der Waals surface area (Å²) in [4.78, 5) is 38.6. The molecule has 0 radical (unpaired) electrons. The highest BCUT2D eigenvalue weighted by atomic mass is 35.5. The molecule has 7 nitrogen and oxygen atoms in total. The van der Waals surface area contributed by atoms with Gasteiger partial charge in [0.2, 0.25) is 17.7 Å². The number of rotatable bonds is 5. The van der Waals surface area contributed by atoms with Crippen LogP contribution in [0.25, 0.3) is 0 Å². The number of nitrogens with zero attached hydrogens (tertiary/aromatic N) is 1. The number of hydrogen-bond donors (Lipinski definition) is 3. The lowest BCUT2D eigenvalue weighted by Crippen LogP contribution is -2.52. The van der Waals surface area contributed by atoms with Crippen LogP contribution in [0.3, 0.4) is 0 Å². The average molecular weight is 361 g/mol. The molecule has 2 fully saturated rings. The molecule has 0 aromatic heterocycles. The number of hydrogen-bond acceptors (Lipinski definition) is 4. The van der Waals surface area contributed by atoms with Gasteiger partial charge in [-0.05, 0) is 38.6 Å². The lowest BCUT2D eigenvalue weighted by molar-refractivity contribution is -0.140. The number of nitrogens with two attached hydrogens (primary N) is 1. The topological polar surface area (TPSA) is 105 Å². The van der Waals surface area contributed by atoms with Gasteiger partial charge in [0, 0.05) is 13.1 Å². The van der Waals surface area contributed by atoms with E-state index in [0.717, 1.165) is 6.42 Å². The highest BCUT2D eigenvalue weighted by molar-refractivity contribution is 5.93. The average Bonchev–Trinajstić information content (AvgIpc) is 2.88. The summed E-state index contributed by atoms with van der Waals surface area (Å²) in [7, 11) is 1.74. The van der Waals surface area contributed by atoms with Gasteiger partial charge in [-0.15, -0.1) is 12.4 Å². The van der Waals surface area contributed by atoms with Crippen molar-refractivity contribution in [3.63, 3.8) is 0 Å². The summed E-state index contributed by atoms with van der Waals surface area (Å²) in [6.07, 6.45) is 2.57. The van der Waals surface area contributed by atoms with Gasteiger partial charge in [-0.3, -0.25) is 14.4 Å². The highest BCUT2D eigenvalue weighted by Gasteiger charge is 2.53. The van der Waals surface area contributed by atoms with E-state index in [1.165, 1.54) is 4.90 Å². The minimum atomic E-state index is -0.700. The maximum atomic E-state index is 12.9. The summed E-state index contributed by atoms with van der Waals surface area (Å²) < 4.78 is 0. The predicted octanol–water partition coefficient (Wildman–Crippen LogP) is 0.0249. The number of piperidine rings is 1. The van der Waals surface area contributed by atoms with Crippen LogP contribution in [0.1, 0.15) is 39.5 Å². The third-order valence-corrected chi connectivity index (χ3v) is 5.00. The number of carbonyl (C=O) groups is 3. The first-order valence-corrected chi connectivity index (χ1v) is 8.36. The molecule has 24 heavy (non-hydrogen) atoms. The van der Waals surface area contributed by atoms with Gasteiger partial charge in [-0.2, -0.15) is 0 Å². The van der Waals surface area contributed by atoms with Gasteiger partial charge in [0.15, 0.2) is 0 Å². The zero-order valence-corrected chi connectivity index (χ0v) is 15.4. The summed E-state index contributed by atoms with van der Waals surface area (Å²) in [5.74, 6) is -0.388. The first-order chi connectivity index (χ1) is 10.8. The molecule has 3 atom stereocenters. The van der Waals surface area contributed by atoms with Gasteiger partial charge >= 0.3 is 0 Å². The van der Waals surface area contributed by atoms with Crippen molar-refractivity contribution in [2.24, 2.45) is 17.1 Å². The van der Waals surface area contributed by atoms with E-state index >= 15 is 0 Å². The molecule has 1 spiro atoms. The zero-order valence-electron chi connectivity index (χ0n) is 14.6. The van der Waals surface area contributed by atoms with E-state index < -0.39 is 17.4 Å². The second kappa shape index (κ2) is 8.16. The molecule has 2 rings (SSSR count). The van der Waals surface area contributed by atoms with E-state index in [9.17, 15) is 14.4 Å². The van der Waals surface area contributed by atoms with Crippen LogP contribution >= 0.6 is 12.4 Å². The highest BCUT2D eigenvalue weighted by Crippen LogP contribution is 2.41. The molecule has 4 N–H and O–H groups in total. The van der Waals surface area contributed by atoms with Crippen LogP contribution in [-0.2, 0) is 14.4 Å². The minimum absolute atomic E-state index is 0. The molecule has 138 valence electrons. The van der Waals surface area contributed by atoms with Crippen molar-refractivity contribution in [3.05, 3.63) is 0 Å². The number of halogens is 1. The van der Waals surface area contributed by atoms with Crippen molar-refractivity contribution >= 4 is 30.1 Å². The summed E-state index contributed by atoms with van der Waals surface area (Å²) >= 11 is 0. The smallest absolute Gasteiger partial charge is 0.240 e. The van der Waals surface area contributed by atoms with Crippen LogP contribution in [0.5, 0.6) is 0 Å². The van der Waals surface area contributed by atoms with E-state index in [2.05, 4.69) is 10.6 Å². The fourth-order valence-electron chi connectivity index (χ4n) is 3.76. The van der Waals surface area contributed by atoms with E-state index in [-0.39, 0.29) is 36.8 Å². The molecule has 0 bridgehead atoms. The number of nitrogens with one attached hydrogen (secondary N) is 2. The van der Waals surface area contributed by atoms with Crippen LogP contribution < -0.4 is 16.4 Å². The monoisotopic (exact) mass is 360 g/mol. The number of likely N-dealkylation sites (N-methyl/N-ethyl adjacent to an activating group) is 1. The molecule has 2 heterocycles. The first-order valence-electron chi connectivity index (χ1n) is 8.36. The van der Waals surface area contributed by atoms with Crippen molar-refractivity contribution in [1.29, 1.82) is 0 Å². The Labute approximate surface area is 149 Å². The quantitative estimate of drug-likeness (QED) is 0.643. The van der Waals surface area contributed by atoms with Gasteiger partial charge < -0.3 is 21.3 Å². The summed E-state index contributed by atoms with van der Waals surface area (Å²) in [6.45, 7) is 5.02. The van der Waals surface area contributed by atoms with Gasteiger partial charge in [0.25, 0.3) is 0 Å². The van der Waals surface area contributed by atoms with Crippen LogP contribution in [0.4, 0.5) is 0 Å². The maximum absolute atomic E-state index is 12.9. The number of likely N-dealkylation sites (tertiary alicyclic amines) is 1. The number of primary amides is 1. The lowest BCUT2D eigenvalue weighted by Gasteiger charge is -2.32. The standard InChI is InChI=1S/C16H28N4O3.ClH/c1-10(2)7-11(18-3)14(22)20-9-16(8-12(20)13(17)21)5-4-6-19-15(16)23;/h10-12,18H,4-9H2,1-3H3,(H2,17,21)(H,19,23);1H/t11?,12-,16-;/m0./s1. The molecule has 1 unspecified atom stereocenters. The Bertz CT molecular complexity index is 500. The third kappa shape index (κ3) is 4.00. The summed E-state index contributed by atoms with van der Waals surface area (Å²) in [6, 6.07) is -1.06. The Morgan fingerprint density at radius 3 is 2.62 bits per heavy atom. The molecule has 3 amide bonds. The Balaban J connectivity index is 0.00000288. The first kappa shape index (κ1) is 20.7. The summed E-state index contributed by atoms with van der Waals surface area (Å²) in [5.41, 5.74) is 4.86. The van der Waals surface area contributed by atoms with Crippen LogP contribution in [0.15, 0.2) is 0 Å². The van der Waals surface area contributed by atoms with Gasteiger partial charge in [0.1, 0.15) is 6.04 Å². The van der Waals surface area contributed by atoms with Crippen molar-refractivity contribution < 1.29 is 14.4 Å². The number of carbonyl (C=O) groups excluding carboxylic acids is 3. The normalized spacial score (nSPS) is 27.8. The van der Waals surface area contributed by atoms with Crippen molar-refractivity contribution in [3.8, 4) is 0 Å². The van der Waals surface area contributed by atoms with Crippen LogP contribution in [0, 0.1) is 11.3 Å². The molecule has 2 saturated heterocycles. The molecule has 2 aliphatic rings. The second-order valence-corrected chi connectivity index (χ2v) is 7.20. The molecule has 0 saturated carbocycles. The van der Waals surface area contributed by atoms with Crippen molar-refractivity contribution in [1.82, 2.24) is 15.5 Å². The third-order valence-electron chi connectivity index (χ3n) is 5.00. The van der Waals surface area contributed by atoms with E-state index in [0.29, 0.717) is 31.7 Å².